The molecule has 1 aromatic heterocycles. The molecule has 0 spiro atoms. The van der Waals surface area contributed by atoms with Crippen molar-refractivity contribution in [2.24, 2.45) is 0 Å². The predicted molar refractivity (Wildman–Crippen MR) is 86.5 cm³/mol. The van der Waals surface area contributed by atoms with E-state index in [1.807, 2.05) is 24.3 Å². The zero-order valence-corrected chi connectivity index (χ0v) is 12.9. The highest BCUT2D eigenvalue weighted by molar-refractivity contribution is 6.04. The van der Waals surface area contributed by atoms with Crippen molar-refractivity contribution in [2.45, 2.75) is 26.2 Å². The molecular formula is C17H21N3O. The van der Waals surface area contributed by atoms with Crippen LogP contribution in [0.5, 0.6) is 0 Å². The van der Waals surface area contributed by atoms with E-state index in [0.29, 0.717) is 11.5 Å². The second kappa shape index (κ2) is 5.56. The molecule has 2 aromatic rings. The van der Waals surface area contributed by atoms with Gasteiger partial charge < -0.3 is 10.6 Å². The molecule has 1 aromatic carbocycles. The molecule has 2 rings (SSSR count). The Morgan fingerprint density at radius 3 is 2.24 bits per heavy atom. The number of carbonyl (C=O) groups is 1. The fraction of sp³-hybridized carbons (Fsp3) is 0.294. The van der Waals surface area contributed by atoms with Crippen molar-refractivity contribution >= 4 is 17.4 Å². The minimum atomic E-state index is -0.175. The average molecular weight is 283 g/mol. The zero-order valence-electron chi connectivity index (χ0n) is 12.9. The molecule has 0 saturated carbocycles. The van der Waals surface area contributed by atoms with Crippen LogP contribution < -0.4 is 10.6 Å². The molecular weight excluding hydrogens is 262 g/mol. The Morgan fingerprint density at radius 1 is 1.10 bits per heavy atom. The summed E-state index contributed by atoms with van der Waals surface area (Å²) in [6.07, 6.45) is 0. The third kappa shape index (κ3) is 3.40. The Kier molecular flexibility index (Phi) is 3.98. The Bertz CT molecular complexity index is 642. The molecule has 0 aliphatic heterocycles. The van der Waals surface area contributed by atoms with E-state index in [1.165, 1.54) is 5.56 Å². The summed E-state index contributed by atoms with van der Waals surface area (Å²) >= 11 is 0. The molecule has 0 fully saturated rings. The third-order valence-electron chi connectivity index (χ3n) is 3.42. The number of hydrogen-bond donors (Lipinski definition) is 1. The number of nitrogens with zero attached hydrogens (tertiary/aromatic N) is 2. The van der Waals surface area contributed by atoms with Crippen molar-refractivity contribution in [3.8, 4) is 0 Å². The van der Waals surface area contributed by atoms with E-state index in [-0.39, 0.29) is 11.3 Å². The van der Waals surface area contributed by atoms with E-state index in [0.717, 1.165) is 5.69 Å². The van der Waals surface area contributed by atoms with E-state index in [9.17, 15) is 4.79 Å². The largest absolute Gasteiger partial charge is 0.384 e. The summed E-state index contributed by atoms with van der Waals surface area (Å²) in [5.74, 6) is 0.170. The first-order valence-corrected chi connectivity index (χ1v) is 6.90. The molecule has 110 valence electrons. The van der Waals surface area contributed by atoms with Crippen LogP contribution in [-0.2, 0) is 5.41 Å². The van der Waals surface area contributed by atoms with Crippen molar-refractivity contribution in [1.82, 2.24) is 4.98 Å². The maximum atomic E-state index is 12.4. The molecule has 4 heteroatoms. The average Bonchev–Trinajstić information content (AvgIpc) is 2.45. The zero-order chi connectivity index (χ0) is 15.6. The van der Waals surface area contributed by atoms with Gasteiger partial charge in [0, 0.05) is 12.7 Å². The van der Waals surface area contributed by atoms with E-state index in [4.69, 9.17) is 5.73 Å². The van der Waals surface area contributed by atoms with Crippen molar-refractivity contribution in [3.63, 3.8) is 0 Å². The van der Waals surface area contributed by atoms with Gasteiger partial charge in [0.1, 0.15) is 11.5 Å². The van der Waals surface area contributed by atoms with Gasteiger partial charge in [0.15, 0.2) is 0 Å². The number of pyridine rings is 1. The quantitative estimate of drug-likeness (QED) is 0.920. The smallest absolute Gasteiger partial charge is 0.276 e. The first-order chi connectivity index (χ1) is 9.79. The molecule has 0 aliphatic rings. The molecule has 2 N–H and O–H groups in total. The van der Waals surface area contributed by atoms with Crippen LogP contribution in [-0.4, -0.2) is 17.9 Å². The van der Waals surface area contributed by atoms with Crippen LogP contribution in [0.4, 0.5) is 11.5 Å². The minimum Gasteiger partial charge on any atom is -0.384 e. The maximum Gasteiger partial charge on any atom is 0.276 e. The minimum absolute atomic E-state index is 0.0938. The summed E-state index contributed by atoms with van der Waals surface area (Å²) < 4.78 is 0. The summed E-state index contributed by atoms with van der Waals surface area (Å²) in [5.41, 5.74) is 8.12. The molecule has 0 aliphatic carbocycles. The fourth-order valence-corrected chi connectivity index (χ4v) is 2.04. The van der Waals surface area contributed by atoms with Gasteiger partial charge in [-0.05, 0) is 35.2 Å². The highest BCUT2D eigenvalue weighted by Gasteiger charge is 2.17. The van der Waals surface area contributed by atoms with Gasteiger partial charge in [-0.25, -0.2) is 4.98 Å². The van der Waals surface area contributed by atoms with E-state index in [1.54, 1.807) is 30.1 Å². The van der Waals surface area contributed by atoms with Crippen molar-refractivity contribution in [3.05, 3.63) is 53.7 Å². The van der Waals surface area contributed by atoms with Crippen LogP contribution in [0, 0.1) is 0 Å². The topological polar surface area (TPSA) is 59.2 Å². The van der Waals surface area contributed by atoms with Gasteiger partial charge >= 0.3 is 0 Å². The molecule has 0 saturated heterocycles. The number of amides is 1. The lowest BCUT2D eigenvalue weighted by Crippen LogP contribution is -2.27. The lowest BCUT2D eigenvalue weighted by atomic mass is 9.87. The van der Waals surface area contributed by atoms with Gasteiger partial charge in [0.05, 0.1) is 0 Å². The van der Waals surface area contributed by atoms with Crippen molar-refractivity contribution < 1.29 is 4.79 Å². The number of nitrogens with two attached hydrogens (primary N) is 1. The van der Waals surface area contributed by atoms with Crippen LogP contribution in [0.2, 0.25) is 0 Å². The lowest BCUT2D eigenvalue weighted by Gasteiger charge is -2.21. The number of anilines is 2. The number of benzene rings is 1. The maximum absolute atomic E-state index is 12.4. The lowest BCUT2D eigenvalue weighted by molar-refractivity contribution is 0.0988. The molecule has 4 nitrogen and oxygen atoms in total. The van der Waals surface area contributed by atoms with E-state index >= 15 is 0 Å². The molecule has 0 atom stereocenters. The van der Waals surface area contributed by atoms with Gasteiger partial charge in [0.2, 0.25) is 0 Å². The Morgan fingerprint density at radius 2 is 1.71 bits per heavy atom. The summed E-state index contributed by atoms with van der Waals surface area (Å²) in [6.45, 7) is 6.48. The monoisotopic (exact) mass is 283 g/mol. The molecule has 0 radical (unpaired) electrons. The standard InChI is InChI=1S/C17H21N3O/c1-17(2,3)12-8-10-13(11-9-12)20(4)16(21)14-6-5-7-15(18)19-14/h5-11H,1-4H3,(H2,18,19). The highest BCUT2D eigenvalue weighted by atomic mass is 16.2. The van der Waals surface area contributed by atoms with Crippen LogP contribution in [0.3, 0.4) is 0 Å². The summed E-state index contributed by atoms with van der Waals surface area (Å²) in [4.78, 5) is 18.0. The first-order valence-electron chi connectivity index (χ1n) is 6.90. The Labute approximate surface area is 125 Å². The summed E-state index contributed by atoms with van der Waals surface area (Å²) in [5, 5.41) is 0. The number of nitrogen functional groups attached to an aromatic ring is 1. The Balaban J connectivity index is 2.24. The van der Waals surface area contributed by atoms with E-state index < -0.39 is 0 Å². The van der Waals surface area contributed by atoms with E-state index in [2.05, 4.69) is 25.8 Å². The molecule has 0 bridgehead atoms. The van der Waals surface area contributed by atoms with Crippen LogP contribution >= 0.6 is 0 Å². The summed E-state index contributed by atoms with van der Waals surface area (Å²) in [6, 6.07) is 13.0. The predicted octanol–water partition coefficient (Wildman–Crippen LogP) is 3.24. The summed E-state index contributed by atoms with van der Waals surface area (Å²) in [7, 11) is 1.74. The highest BCUT2D eigenvalue weighted by Crippen LogP contribution is 2.25. The first kappa shape index (κ1) is 15.0. The van der Waals surface area contributed by atoms with Crippen molar-refractivity contribution in [1.29, 1.82) is 0 Å². The molecule has 1 heterocycles. The van der Waals surface area contributed by atoms with Gasteiger partial charge in [-0.1, -0.05) is 39.0 Å². The Hall–Kier alpha value is -2.36. The third-order valence-corrected chi connectivity index (χ3v) is 3.42. The number of rotatable bonds is 2. The SMILES string of the molecule is CN(C(=O)c1cccc(N)n1)c1ccc(C(C)(C)C)cc1. The van der Waals surface area contributed by atoms with Crippen molar-refractivity contribution in [2.75, 3.05) is 17.7 Å². The van der Waals surface area contributed by atoms with Crippen LogP contribution in [0.25, 0.3) is 0 Å². The molecule has 21 heavy (non-hydrogen) atoms. The number of hydrogen-bond acceptors (Lipinski definition) is 3. The van der Waals surface area contributed by atoms with Crippen LogP contribution in [0.15, 0.2) is 42.5 Å². The van der Waals surface area contributed by atoms with Gasteiger partial charge in [-0.3, -0.25) is 4.79 Å². The second-order valence-electron chi connectivity index (χ2n) is 6.11. The number of carbonyl (C=O) groups excluding carboxylic acids is 1. The molecule has 0 unspecified atom stereocenters. The fourth-order valence-electron chi connectivity index (χ4n) is 2.04. The number of aromatic nitrogens is 1. The normalized spacial score (nSPS) is 11.2. The molecule has 1 amide bonds. The van der Waals surface area contributed by atoms with Gasteiger partial charge in [0.25, 0.3) is 5.91 Å². The van der Waals surface area contributed by atoms with Crippen LogP contribution in [0.1, 0.15) is 36.8 Å². The van der Waals surface area contributed by atoms with Gasteiger partial charge in [-0.15, -0.1) is 0 Å². The van der Waals surface area contributed by atoms with Gasteiger partial charge in [-0.2, -0.15) is 0 Å². The second-order valence-corrected chi connectivity index (χ2v) is 6.11.